The van der Waals surface area contributed by atoms with Crippen LogP contribution in [-0.4, -0.2) is 23.2 Å². The van der Waals surface area contributed by atoms with Gasteiger partial charge in [0.25, 0.3) is 5.89 Å². The summed E-state index contributed by atoms with van der Waals surface area (Å²) in [4.78, 5) is 4.37. The smallest absolute Gasteiger partial charge is 0.258 e. The topological polar surface area (TPSA) is 51.0 Å². The summed E-state index contributed by atoms with van der Waals surface area (Å²) in [5, 5.41) is 9.14. The molecule has 4 nitrogen and oxygen atoms in total. The molecule has 0 aromatic carbocycles. The van der Waals surface area contributed by atoms with E-state index in [0.717, 1.165) is 17.8 Å². The van der Waals surface area contributed by atoms with Crippen LogP contribution in [0.3, 0.4) is 0 Å². The van der Waals surface area contributed by atoms with E-state index in [2.05, 4.69) is 45.0 Å². The van der Waals surface area contributed by atoms with E-state index in [1.165, 1.54) is 2.88 Å². The standard InChI is InChI=1S/C10H12IN3OS.ClH/c1-6(12-2)3-9-13-10(15-14-9)7-4-8(11)16-5-7;/h4-6,12H,3H2,1-2H3;1H. The Morgan fingerprint density at radius 3 is 2.94 bits per heavy atom. The van der Waals surface area contributed by atoms with Gasteiger partial charge in [-0.1, -0.05) is 5.16 Å². The van der Waals surface area contributed by atoms with Crippen molar-refractivity contribution in [2.24, 2.45) is 0 Å². The molecule has 0 radical (unpaired) electrons. The van der Waals surface area contributed by atoms with Crippen molar-refractivity contribution in [1.82, 2.24) is 15.5 Å². The van der Waals surface area contributed by atoms with Gasteiger partial charge in [0, 0.05) is 17.8 Å². The molecule has 2 heterocycles. The van der Waals surface area contributed by atoms with E-state index >= 15 is 0 Å². The van der Waals surface area contributed by atoms with Crippen molar-refractivity contribution >= 4 is 46.3 Å². The van der Waals surface area contributed by atoms with E-state index < -0.39 is 0 Å². The third kappa shape index (κ3) is 3.90. The van der Waals surface area contributed by atoms with Gasteiger partial charge in [0.1, 0.15) is 0 Å². The fraction of sp³-hybridized carbons (Fsp3) is 0.400. The summed E-state index contributed by atoms with van der Waals surface area (Å²) in [5.41, 5.74) is 1.00. The number of thiophene rings is 1. The summed E-state index contributed by atoms with van der Waals surface area (Å²) in [7, 11) is 1.92. The first-order valence-electron chi connectivity index (χ1n) is 4.93. The van der Waals surface area contributed by atoms with E-state index in [9.17, 15) is 0 Å². The van der Waals surface area contributed by atoms with Crippen LogP contribution in [0.4, 0.5) is 0 Å². The third-order valence-corrected chi connectivity index (χ3v) is 4.05. The fourth-order valence-electron chi connectivity index (χ4n) is 1.25. The monoisotopic (exact) mass is 385 g/mol. The highest BCUT2D eigenvalue weighted by molar-refractivity contribution is 14.1. The van der Waals surface area contributed by atoms with E-state index in [1.807, 2.05) is 18.5 Å². The molecule has 0 aliphatic heterocycles. The minimum Gasteiger partial charge on any atom is -0.334 e. The molecular formula is C10H13ClIN3OS. The Kier molecular flexibility index (Phi) is 5.84. The van der Waals surface area contributed by atoms with Crippen LogP contribution in [0.5, 0.6) is 0 Å². The average Bonchev–Trinajstić information content (AvgIpc) is 2.87. The van der Waals surface area contributed by atoms with Crippen LogP contribution in [-0.2, 0) is 6.42 Å². The summed E-state index contributed by atoms with van der Waals surface area (Å²) < 4.78 is 6.44. The van der Waals surface area contributed by atoms with Crippen molar-refractivity contribution in [3.05, 3.63) is 20.2 Å². The van der Waals surface area contributed by atoms with Gasteiger partial charge in [0.15, 0.2) is 5.82 Å². The van der Waals surface area contributed by atoms with Gasteiger partial charge < -0.3 is 9.84 Å². The van der Waals surface area contributed by atoms with Crippen LogP contribution in [0.15, 0.2) is 16.0 Å². The molecule has 94 valence electrons. The molecule has 7 heteroatoms. The zero-order valence-corrected chi connectivity index (χ0v) is 13.2. The van der Waals surface area contributed by atoms with Crippen LogP contribution in [0.2, 0.25) is 0 Å². The average molecular weight is 386 g/mol. The molecule has 1 atom stereocenters. The number of nitrogens with zero attached hydrogens (tertiary/aromatic N) is 2. The number of rotatable bonds is 4. The molecule has 0 saturated carbocycles. The van der Waals surface area contributed by atoms with Gasteiger partial charge in [0.2, 0.25) is 0 Å². The summed E-state index contributed by atoms with van der Waals surface area (Å²) in [6, 6.07) is 2.40. The zero-order valence-electron chi connectivity index (χ0n) is 9.44. The summed E-state index contributed by atoms with van der Waals surface area (Å²) in [6.45, 7) is 2.09. The minimum atomic E-state index is 0. The van der Waals surface area contributed by atoms with Crippen molar-refractivity contribution in [3.63, 3.8) is 0 Å². The lowest BCUT2D eigenvalue weighted by molar-refractivity contribution is 0.418. The number of hydrogen-bond acceptors (Lipinski definition) is 5. The SMILES string of the molecule is CNC(C)Cc1noc(-c2csc(I)c2)n1.Cl. The molecule has 0 saturated heterocycles. The molecule has 2 aromatic heterocycles. The van der Waals surface area contributed by atoms with Gasteiger partial charge in [-0.3, -0.25) is 0 Å². The predicted molar refractivity (Wildman–Crippen MR) is 79.8 cm³/mol. The molecule has 0 bridgehead atoms. The lowest BCUT2D eigenvalue weighted by atomic mass is 10.2. The van der Waals surface area contributed by atoms with E-state index in [-0.39, 0.29) is 12.4 Å². The maximum atomic E-state index is 5.22. The molecule has 0 aliphatic carbocycles. The Hall–Kier alpha value is -0.180. The van der Waals surface area contributed by atoms with Crippen LogP contribution >= 0.6 is 46.3 Å². The summed E-state index contributed by atoms with van der Waals surface area (Å²) in [5.74, 6) is 1.36. The Balaban J connectivity index is 0.00000144. The first-order valence-corrected chi connectivity index (χ1v) is 6.89. The number of aromatic nitrogens is 2. The summed E-state index contributed by atoms with van der Waals surface area (Å²) in [6.07, 6.45) is 0.779. The van der Waals surface area contributed by atoms with Gasteiger partial charge in [-0.25, -0.2) is 0 Å². The molecule has 1 unspecified atom stereocenters. The highest BCUT2D eigenvalue weighted by Crippen LogP contribution is 2.25. The molecule has 0 spiro atoms. The number of nitrogens with one attached hydrogen (secondary N) is 1. The second-order valence-electron chi connectivity index (χ2n) is 3.55. The lowest BCUT2D eigenvalue weighted by Gasteiger charge is -2.04. The highest BCUT2D eigenvalue weighted by atomic mass is 127. The van der Waals surface area contributed by atoms with E-state index in [4.69, 9.17) is 4.52 Å². The maximum Gasteiger partial charge on any atom is 0.258 e. The highest BCUT2D eigenvalue weighted by Gasteiger charge is 2.12. The van der Waals surface area contributed by atoms with Crippen LogP contribution in [0.1, 0.15) is 12.7 Å². The van der Waals surface area contributed by atoms with Gasteiger partial charge in [0.05, 0.1) is 8.45 Å². The molecule has 17 heavy (non-hydrogen) atoms. The number of halogens is 2. The molecular weight excluding hydrogens is 373 g/mol. The van der Waals surface area contributed by atoms with Gasteiger partial charge in [-0.05, 0) is 42.6 Å². The van der Waals surface area contributed by atoms with E-state index in [1.54, 1.807) is 11.3 Å². The molecule has 1 N–H and O–H groups in total. The Morgan fingerprint density at radius 2 is 2.35 bits per heavy atom. The van der Waals surface area contributed by atoms with Crippen LogP contribution in [0, 0.1) is 2.88 Å². The van der Waals surface area contributed by atoms with E-state index in [0.29, 0.717) is 11.9 Å². The molecule has 2 rings (SSSR count). The fourth-order valence-corrected chi connectivity index (χ4v) is 2.57. The second kappa shape index (κ2) is 6.67. The Labute approximate surface area is 124 Å². The van der Waals surface area contributed by atoms with Crippen LogP contribution in [0.25, 0.3) is 11.5 Å². The second-order valence-corrected chi connectivity index (χ2v) is 6.35. The van der Waals surface area contributed by atoms with Crippen molar-refractivity contribution in [3.8, 4) is 11.5 Å². The number of hydrogen-bond donors (Lipinski definition) is 1. The maximum absolute atomic E-state index is 5.22. The Bertz CT molecular complexity index is 474. The molecule has 0 aliphatic rings. The van der Waals surface area contributed by atoms with Crippen LogP contribution < -0.4 is 5.32 Å². The quantitative estimate of drug-likeness (QED) is 0.822. The summed E-state index contributed by atoms with van der Waals surface area (Å²) >= 11 is 3.95. The number of likely N-dealkylation sites (N-methyl/N-ethyl adjacent to an activating group) is 1. The normalized spacial score (nSPS) is 12.2. The largest absolute Gasteiger partial charge is 0.334 e. The van der Waals surface area contributed by atoms with Crippen molar-refractivity contribution in [1.29, 1.82) is 0 Å². The van der Waals surface area contributed by atoms with Crippen molar-refractivity contribution in [2.45, 2.75) is 19.4 Å². The first-order chi connectivity index (χ1) is 7.69. The van der Waals surface area contributed by atoms with Gasteiger partial charge >= 0.3 is 0 Å². The molecule has 2 aromatic rings. The predicted octanol–water partition coefficient (Wildman–Crippen LogP) is 2.97. The lowest BCUT2D eigenvalue weighted by Crippen LogP contribution is -2.24. The molecule has 0 fully saturated rings. The van der Waals surface area contributed by atoms with Crippen molar-refractivity contribution in [2.75, 3.05) is 7.05 Å². The first kappa shape index (κ1) is 14.9. The zero-order chi connectivity index (χ0) is 11.5. The van der Waals surface area contributed by atoms with Gasteiger partial charge in [-0.15, -0.1) is 23.7 Å². The van der Waals surface area contributed by atoms with Gasteiger partial charge in [-0.2, -0.15) is 4.98 Å². The Morgan fingerprint density at radius 1 is 1.59 bits per heavy atom. The van der Waals surface area contributed by atoms with Crippen molar-refractivity contribution < 1.29 is 4.52 Å². The minimum absolute atomic E-state index is 0. The third-order valence-electron chi connectivity index (χ3n) is 2.26. The molecule has 0 amide bonds.